The summed E-state index contributed by atoms with van der Waals surface area (Å²) in [6.45, 7) is 0.934. The number of Topliss-reactive ketones (excluding diaryl/α,β-unsaturated/α-hetero) is 1. The minimum Gasteiger partial charge on any atom is -0.330 e. The van der Waals surface area contributed by atoms with E-state index in [1.54, 1.807) is 0 Å². The van der Waals surface area contributed by atoms with Crippen molar-refractivity contribution in [1.29, 1.82) is 0 Å². The maximum atomic E-state index is 11.4. The van der Waals surface area contributed by atoms with Gasteiger partial charge in [0, 0.05) is 41.1 Å². The van der Waals surface area contributed by atoms with Crippen LogP contribution in [0.15, 0.2) is 0 Å². The van der Waals surface area contributed by atoms with Gasteiger partial charge in [-0.3, -0.25) is 4.79 Å². The summed E-state index contributed by atoms with van der Waals surface area (Å²) < 4.78 is 5.94. The van der Waals surface area contributed by atoms with E-state index in [1.165, 1.54) is 12.2 Å². The van der Waals surface area contributed by atoms with Crippen molar-refractivity contribution in [3.05, 3.63) is 0 Å². The van der Waals surface area contributed by atoms with Gasteiger partial charge in [0.25, 0.3) is 5.44 Å². The molecule has 0 aromatic heterocycles. The van der Waals surface area contributed by atoms with Crippen LogP contribution in [-0.2, 0) is 31.3 Å². The summed E-state index contributed by atoms with van der Waals surface area (Å²) in [6, 6.07) is 0. The molecule has 0 saturated carbocycles. The molecular weight excluding hydrogens is 228 g/mol. The Labute approximate surface area is 97.8 Å². The Morgan fingerprint density at radius 1 is 1.33 bits per heavy atom. The average molecular weight is 248 g/mol. The fourth-order valence-electron chi connectivity index (χ4n) is 2.35. The molecule has 0 bridgehead atoms. The second kappa shape index (κ2) is 5.11. The first-order chi connectivity index (χ1) is 7.18. The number of rotatable bonds is 1. The van der Waals surface area contributed by atoms with Gasteiger partial charge in [-0.05, 0) is 0 Å². The van der Waals surface area contributed by atoms with E-state index in [4.69, 9.17) is 4.74 Å². The van der Waals surface area contributed by atoms with Crippen LogP contribution in [0.3, 0.4) is 0 Å². The summed E-state index contributed by atoms with van der Waals surface area (Å²) in [6.07, 6.45) is 7.66. The Morgan fingerprint density at radius 2 is 2.13 bits per heavy atom. The fourth-order valence-corrected chi connectivity index (χ4v) is 7.12. The molecule has 0 aromatic carbocycles. The van der Waals surface area contributed by atoms with Crippen molar-refractivity contribution in [2.45, 2.75) is 29.9 Å². The minimum absolute atomic E-state index is 0.256. The van der Waals surface area contributed by atoms with Crippen LogP contribution in [-0.4, -0.2) is 47.1 Å². The standard InChI is InChI=1S/C11H20O2S2/c1-14-7-3-6-13-11(14)10-5-4-9(12)8-15(10)2/h10-11H,3-8H2,1-2H3/q+2. The molecular formula is C11H20O2S2+2. The first kappa shape index (κ1) is 11.8. The smallest absolute Gasteiger partial charge is 0.265 e. The van der Waals surface area contributed by atoms with E-state index in [0.29, 0.717) is 27.4 Å². The number of ether oxygens (including phenoxy) is 1. The van der Waals surface area contributed by atoms with Crippen LogP contribution in [0.4, 0.5) is 0 Å². The van der Waals surface area contributed by atoms with Gasteiger partial charge in [-0.15, -0.1) is 0 Å². The number of hydrogen-bond acceptors (Lipinski definition) is 2. The Morgan fingerprint density at radius 3 is 2.80 bits per heavy atom. The zero-order valence-corrected chi connectivity index (χ0v) is 11.2. The van der Waals surface area contributed by atoms with Gasteiger partial charge in [0.05, 0.1) is 12.9 Å². The Balaban J connectivity index is 1.99. The number of carbonyl (C=O) groups is 1. The molecule has 0 radical (unpaired) electrons. The van der Waals surface area contributed by atoms with Gasteiger partial charge in [-0.1, -0.05) is 0 Å². The molecule has 4 unspecified atom stereocenters. The van der Waals surface area contributed by atoms with Crippen LogP contribution in [0.2, 0.25) is 0 Å². The summed E-state index contributed by atoms with van der Waals surface area (Å²) in [5, 5.41) is 0.663. The lowest BCUT2D eigenvalue weighted by atomic mass is 10.2. The van der Waals surface area contributed by atoms with Gasteiger partial charge >= 0.3 is 0 Å². The van der Waals surface area contributed by atoms with E-state index in [2.05, 4.69) is 12.5 Å². The molecule has 2 saturated heterocycles. The summed E-state index contributed by atoms with van der Waals surface area (Å²) in [4.78, 5) is 11.4. The van der Waals surface area contributed by atoms with Crippen LogP contribution in [0, 0.1) is 0 Å². The molecule has 86 valence electrons. The second-order valence-electron chi connectivity index (χ2n) is 4.44. The third kappa shape index (κ3) is 2.71. The highest BCUT2D eigenvalue weighted by Gasteiger charge is 2.48. The van der Waals surface area contributed by atoms with Gasteiger partial charge in [-0.25, -0.2) is 0 Å². The summed E-state index contributed by atoms with van der Waals surface area (Å²) in [7, 11) is 0.672. The van der Waals surface area contributed by atoms with Crippen molar-refractivity contribution >= 4 is 27.6 Å². The highest BCUT2D eigenvalue weighted by molar-refractivity contribution is 8.00. The SMILES string of the molecule is C[S+]1CC(=O)CCC1C1OCCC[S+]1C. The quantitative estimate of drug-likeness (QED) is 0.646. The van der Waals surface area contributed by atoms with Gasteiger partial charge < -0.3 is 4.74 Å². The van der Waals surface area contributed by atoms with E-state index in [-0.39, 0.29) is 10.9 Å². The third-order valence-corrected chi connectivity index (χ3v) is 7.86. The molecule has 2 rings (SSSR count). The van der Waals surface area contributed by atoms with E-state index in [9.17, 15) is 4.79 Å². The molecule has 0 N–H and O–H groups in total. The van der Waals surface area contributed by atoms with Gasteiger partial charge in [0.1, 0.15) is 12.0 Å². The largest absolute Gasteiger partial charge is 0.330 e. The lowest BCUT2D eigenvalue weighted by molar-refractivity contribution is -0.117. The highest BCUT2D eigenvalue weighted by atomic mass is 32.2. The molecule has 2 fully saturated rings. The lowest BCUT2D eigenvalue weighted by Crippen LogP contribution is -2.48. The molecule has 0 aliphatic carbocycles. The molecule has 4 atom stereocenters. The third-order valence-electron chi connectivity index (χ3n) is 3.21. The second-order valence-corrected chi connectivity index (χ2v) is 8.97. The van der Waals surface area contributed by atoms with E-state index >= 15 is 0 Å². The van der Waals surface area contributed by atoms with Crippen molar-refractivity contribution < 1.29 is 9.53 Å². The molecule has 2 nitrogen and oxygen atoms in total. The van der Waals surface area contributed by atoms with Crippen LogP contribution < -0.4 is 0 Å². The van der Waals surface area contributed by atoms with Gasteiger partial charge in [0.2, 0.25) is 0 Å². The summed E-state index contributed by atoms with van der Waals surface area (Å²) >= 11 is 0. The zero-order valence-electron chi connectivity index (χ0n) is 9.53. The predicted octanol–water partition coefficient (Wildman–Crippen LogP) is 0.960. The predicted molar refractivity (Wildman–Crippen MR) is 68.7 cm³/mol. The molecule has 2 heterocycles. The van der Waals surface area contributed by atoms with Crippen molar-refractivity contribution in [2.24, 2.45) is 0 Å². The highest BCUT2D eigenvalue weighted by Crippen LogP contribution is 2.28. The van der Waals surface area contributed by atoms with Crippen LogP contribution in [0.5, 0.6) is 0 Å². The maximum Gasteiger partial charge on any atom is 0.265 e. The Hall–Kier alpha value is 0.330. The maximum absolute atomic E-state index is 11.4. The monoisotopic (exact) mass is 248 g/mol. The average Bonchev–Trinajstić information content (AvgIpc) is 2.20. The Kier molecular flexibility index (Phi) is 4.02. The minimum atomic E-state index is 0.256. The molecule has 0 spiro atoms. The van der Waals surface area contributed by atoms with Crippen molar-refractivity contribution in [3.8, 4) is 0 Å². The van der Waals surface area contributed by atoms with Crippen molar-refractivity contribution in [2.75, 3.05) is 30.6 Å². The zero-order chi connectivity index (χ0) is 10.8. The molecule has 4 heteroatoms. The molecule has 15 heavy (non-hydrogen) atoms. The van der Waals surface area contributed by atoms with Crippen molar-refractivity contribution in [1.82, 2.24) is 0 Å². The van der Waals surface area contributed by atoms with Crippen LogP contribution >= 0.6 is 0 Å². The number of ketones is 1. The topological polar surface area (TPSA) is 26.3 Å². The van der Waals surface area contributed by atoms with E-state index in [1.807, 2.05) is 0 Å². The van der Waals surface area contributed by atoms with E-state index in [0.717, 1.165) is 25.2 Å². The van der Waals surface area contributed by atoms with E-state index < -0.39 is 0 Å². The summed E-state index contributed by atoms with van der Waals surface area (Å²) in [5.74, 6) is 2.59. The number of carbonyl (C=O) groups excluding carboxylic acids is 1. The van der Waals surface area contributed by atoms with Crippen molar-refractivity contribution in [3.63, 3.8) is 0 Å². The van der Waals surface area contributed by atoms with Crippen LogP contribution in [0.25, 0.3) is 0 Å². The molecule has 2 aliphatic heterocycles. The molecule has 2 aliphatic rings. The lowest BCUT2D eigenvalue weighted by Gasteiger charge is -2.29. The molecule has 0 aromatic rings. The first-order valence-corrected chi connectivity index (χ1v) is 9.27. The first-order valence-electron chi connectivity index (χ1n) is 5.54. The summed E-state index contributed by atoms with van der Waals surface area (Å²) in [5.41, 5.74) is 0.459. The van der Waals surface area contributed by atoms with Gasteiger partial charge in [0.15, 0.2) is 16.8 Å². The van der Waals surface area contributed by atoms with Gasteiger partial charge in [-0.2, -0.15) is 0 Å². The number of hydrogen-bond donors (Lipinski definition) is 0. The molecule has 0 amide bonds. The fraction of sp³-hybridized carbons (Fsp3) is 0.909. The van der Waals surface area contributed by atoms with Crippen LogP contribution in [0.1, 0.15) is 19.3 Å². The Bertz CT molecular complexity index is 245. The normalized spacial score (nSPS) is 42.9.